The summed E-state index contributed by atoms with van der Waals surface area (Å²) in [7, 11) is 0. The largest absolute Gasteiger partial charge is 0.483 e. The first-order chi connectivity index (χ1) is 17.6. The first kappa shape index (κ1) is 25.5. The number of amides is 2. The maximum Gasteiger partial charge on any atom is 0.422 e. The van der Waals surface area contributed by atoms with Crippen LogP contribution < -0.4 is 10.1 Å². The zero-order valence-electron chi connectivity index (χ0n) is 19.2. The van der Waals surface area contributed by atoms with Crippen LogP contribution in [0.2, 0.25) is 0 Å². The van der Waals surface area contributed by atoms with Crippen LogP contribution in [0.25, 0.3) is 22.8 Å². The predicted molar refractivity (Wildman–Crippen MR) is 121 cm³/mol. The van der Waals surface area contributed by atoms with Crippen LogP contribution in [0.15, 0.2) is 40.9 Å². The van der Waals surface area contributed by atoms with E-state index in [0.717, 1.165) is 11.1 Å². The summed E-state index contributed by atoms with van der Waals surface area (Å²) < 4.78 is 47.4. The van der Waals surface area contributed by atoms with Crippen LogP contribution in [0.5, 0.6) is 5.75 Å². The van der Waals surface area contributed by atoms with Crippen molar-refractivity contribution in [2.75, 3.05) is 26.2 Å². The zero-order chi connectivity index (χ0) is 26.6. The second-order valence-electron chi connectivity index (χ2n) is 8.17. The molecule has 4 rings (SSSR count). The average Bonchev–Trinajstić information content (AvgIpc) is 3.26. The number of aromatic nitrogens is 2. The number of hydrogen-bond donors (Lipinski definition) is 2. The van der Waals surface area contributed by atoms with E-state index >= 15 is 0 Å². The normalized spacial score (nSPS) is 13.3. The van der Waals surface area contributed by atoms with Crippen LogP contribution in [-0.4, -0.2) is 64.6 Å². The van der Waals surface area contributed by atoms with Gasteiger partial charge in [0.15, 0.2) is 6.61 Å². The number of benzene rings is 2. The molecular weight excluding hydrogens is 495 g/mol. The number of halogens is 3. The van der Waals surface area contributed by atoms with Gasteiger partial charge in [0.2, 0.25) is 11.7 Å². The van der Waals surface area contributed by atoms with Crippen LogP contribution in [0.1, 0.15) is 16.7 Å². The molecule has 1 aliphatic rings. The molecule has 0 fully saturated rings. The molecule has 37 heavy (non-hydrogen) atoms. The summed E-state index contributed by atoms with van der Waals surface area (Å²) in [6, 6.07) is 11.4. The van der Waals surface area contributed by atoms with E-state index in [9.17, 15) is 28.0 Å². The summed E-state index contributed by atoms with van der Waals surface area (Å²) in [5.41, 5.74) is 2.93. The van der Waals surface area contributed by atoms with Gasteiger partial charge >= 0.3 is 12.3 Å². The standard InChI is InChI=1S/C24H20F3N5O5/c25-24(26,27)13-36-19-4-3-17(10-18(19)11-28)22-30-21(31-37-22)16-2-1-14-5-7-32(8-6-15(14)9-16)20(33)12-29-23(34)35/h1-4,9-10,29H,5-8,12-13H2,(H,34,35). The lowest BCUT2D eigenvalue weighted by Gasteiger charge is -2.19. The number of alkyl halides is 3. The molecule has 0 spiro atoms. The molecule has 0 saturated carbocycles. The smallest absolute Gasteiger partial charge is 0.422 e. The number of rotatable bonds is 6. The van der Waals surface area contributed by atoms with Gasteiger partial charge in [-0.15, -0.1) is 0 Å². The van der Waals surface area contributed by atoms with Crippen LogP contribution >= 0.6 is 0 Å². The lowest BCUT2D eigenvalue weighted by atomic mass is 10.00. The van der Waals surface area contributed by atoms with E-state index in [0.29, 0.717) is 37.1 Å². The molecule has 2 heterocycles. The van der Waals surface area contributed by atoms with Gasteiger partial charge in [0.05, 0.1) is 5.56 Å². The van der Waals surface area contributed by atoms with Gasteiger partial charge in [-0.05, 0) is 48.2 Å². The number of nitriles is 1. The van der Waals surface area contributed by atoms with Crippen molar-refractivity contribution in [3.05, 3.63) is 53.1 Å². The fraction of sp³-hybridized carbons (Fsp3) is 0.292. The molecule has 0 saturated heterocycles. The number of fused-ring (bicyclic) bond motifs is 1. The van der Waals surface area contributed by atoms with Crippen LogP contribution in [-0.2, 0) is 17.6 Å². The molecule has 2 aromatic carbocycles. The highest BCUT2D eigenvalue weighted by molar-refractivity contribution is 5.82. The number of carbonyl (C=O) groups excluding carboxylic acids is 1. The molecule has 0 atom stereocenters. The van der Waals surface area contributed by atoms with Crippen molar-refractivity contribution < 1.29 is 37.1 Å². The van der Waals surface area contributed by atoms with Crippen molar-refractivity contribution in [1.29, 1.82) is 5.26 Å². The molecule has 2 amide bonds. The molecule has 1 aromatic heterocycles. The Balaban J connectivity index is 1.48. The summed E-state index contributed by atoms with van der Waals surface area (Å²) >= 11 is 0. The summed E-state index contributed by atoms with van der Waals surface area (Å²) in [5, 5.41) is 24.1. The number of nitrogens with zero attached hydrogens (tertiary/aromatic N) is 4. The second kappa shape index (κ2) is 10.6. The van der Waals surface area contributed by atoms with Gasteiger partial charge in [-0.1, -0.05) is 17.3 Å². The van der Waals surface area contributed by atoms with Gasteiger partial charge in [0.1, 0.15) is 18.4 Å². The number of carbonyl (C=O) groups is 2. The van der Waals surface area contributed by atoms with Gasteiger partial charge in [-0.25, -0.2) is 4.79 Å². The van der Waals surface area contributed by atoms with Gasteiger partial charge in [-0.3, -0.25) is 4.79 Å². The minimum atomic E-state index is -4.54. The molecule has 10 nitrogen and oxygen atoms in total. The van der Waals surface area contributed by atoms with E-state index in [4.69, 9.17) is 14.4 Å². The van der Waals surface area contributed by atoms with Crippen molar-refractivity contribution in [1.82, 2.24) is 20.4 Å². The number of nitrogens with one attached hydrogen (secondary N) is 1. The van der Waals surface area contributed by atoms with Crippen molar-refractivity contribution in [2.45, 2.75) is 19.0 Å². The lowest BCUT2D eigenvalue weighted by Crippen LogP contribution is -2.41. The van der Waals surface area contributed by atoms with E-state index in [1.165, 1.54) is 18.2 Å². The van der Waals surface area contributed by atoms with Gasteiger partial charge in [-0.2, -0.15) is 23.4 Å². The monoisotopic (exact) mass is 515 g/mol. The van der Waals surface area contributed by atoms with Crippen molar-refractivity contribution >= 4 is 12.0 Å². The van der Waals surface area contributed by atoms with E-state index in [1.54, 1.807) is 11.0 Å². The minimum absolute atomic E-state index is 0.0755. The van der Waals surface area contributed by atoms with Crippen LogP contribution in [0, 0.1) is 11.3 Å². The number of carboxylic acid groups (broad SMARTS) is 1. The van der Waals surface area contributed by atoms with Gasteiger partial charge < -0.3 is 24.6 Å². The van der Waals surface area contributed by atoms with Crippen LogP contribution in [0.4, 0.5) is 18.0 Å². The lowest BCUT2D eigenvalue weighted by molar-refractivity contribution is -0.153. The van der Waals surface area contributed by atoms with E-state index in [1.807, 2.05) is 18.2 Å². The first-order valence-corrected chi connectivity index (χ1v) is 11.1. The third-order valence-corrected chi connectivity index (χ3v) is 5.67. The Hall–Kier alpha value is -4.60. The number of hydrogen-bond acceptors (Lipinski definition) is 7. The maximum atomic E-state index is 12.4. The van der Waals surface area contributed by atoms with E-state index in [2.05, 4.69) is 15.5 Å². The highest BCUT2D eigenvalue weighted by Gasteiger charge is 2.29. The molecule has 192 valence electrons. The molecular formula is C24H20F3N5O5. The predicted octanol–water partition coefficient (Wildman–Crippen LogP) is 3.41. The fourth-order valence-electron chi connectivity index (χ4n) is 3.87. The van der Waals surface area contributed by atoms with Crippen molar-refractivity contribution in [3.8, 4) is 34.7 Å². The molecule has 0 bridgehead atoms. The average molecular weight is 515 g/mol. The Labute approximate surface area is 208 Å². The Bertz CT molecular complexity index is 1370. The minimum Gasteiger partial charge on any atom is -0.483 e. The highest BCUT2D eigenvalue weighted by atomic mass is 19.4. The topological polar surface area (TPSA) is 142 Å². The number of ether oxygens (including phenoxy) is 1. The molecule has 13 heteroatoms. The molecule has 3 aromatic rings. The molecule has 0 radical (unpaired) electrons. The molecule has 0 unspecified atom stereocenters. The zero-order valence-corrected chi connectivity index (χ0v) is 19.2. The van der Waals surface area contributed by atoms with Crippen molar-refractivity contribution in [3.63, 3.8) is 0 Å². The summed E-state index contributed by atoms with van der Waals surface area (Å²) in [5.74, 6) is -0.159. The molecule has 2 N–H and O–H groups in total. The Morgan fingerprint density at radius 2 is 1.86 bits per heavy atom. The Kier molecular flexibility index (Phi) is 7.28. The third kappa shape index (κ3) is 6.35. The quantitative estimate of drug-likeness (QED) is 0.509. The summed E-state index contributed by atoms with van der Waals surface area (Å²) in [6.07, 6.45) is -4.64. The summed E-state index contributed by atoms with van der Waals surface area (Å²) in [4.78, 5) is 28.9. The van der Waals surface area contributed by atoms with Gasteiger partial charge in [0, 0.05) is 24.2 Å². The highest BCUT2D eigenvalue weighted by Crippen LogP contribution is 2.29. The van der Waals surface area contributed by atoms with Crippen molar-refractivity contribution in [2.24, 2.45) is 0 Å². The van der Waals surface area contributed by atoms with E-state index < -0.39 is 18.9 Å². The summed E-state index contributed by atoms with van der Waals surface area (Å²) in [6.45, 7) is -0.919. The Morgan fingerprint density at radius 3 is 2.57 bits per heavy atom. The van der Waals surface area contributed by atoms with Gasteiger partial charge in [0.25, 0.3) is 5.89 Å². The molecule has 1 aliphatic heterocycles. The van der Waals surface area contributed by atoms with E-state index in [-0.39, 0.29) is 35.5 Å². The van der Waals surface area contributed by atoms with Crippen LogP contribution in [0.3, 0.4) is 0 Å². The first-order valence-electron chi connectivity index (χ1n) is 11.1. The maximum absolute atomic E-state index is 12.4. The molecule has 0 aliphatic carbocycles. The second-order valence-corrected chi connectivity index (χ2v) is 8.17. The Morgan fingerprint density at radius 1 is 1.14 bits per heavy atom. The fourth-order valence-corrected chi connectivity index (χ4v) is 3.87. The third-order valence-electron chi connectivity index (χ3n) is 5.67. The SMILES string of the molecule is N#Cc1cc(-c2nc(-c3ccc4c(c3)CCN(C(=O)CNC(=O)O)CC4)no2)ccc1OCC(F)(F)F.